The van der Waals surface area contributed by atoms with E-state index in [2.05, 4.69) is 15.6 Å². The van der Waals surface area contributed by atoms with Crippen molar-refractivity contribution in [1.29, 1.82) is 0 Å². The molecule has 41 heavy (non-hydrogen) atoms. The van der Waals surface area contributed by atoms with Gasteiger partial charge in [-0.2, -0.15) is 0 Å². The predicted octanol–water partition coefficient (Wildman–Crippen LogP) is 2.89. The molecule has 1 aromatic heterocycles. The van der Waals surface area contributed by atoms with Crippen molar-refractivity contribution in [2.24, 2.45) is 5.92 Å². The summed E-state index contributed by atoms with van der Waals surface area (Å²) >= 11 is 0. The Bertz CT molecular complexity index is 1460. The van der Waals surface area contributed by atoms with Gasteiger partial charge in [-0.1, -0.05) is 18.2 Å². The number of carbonyl (C=O) groups is 3. The number of pyridine rings is 1. The van der Waals surface area contributed by atoms with Crippen LogP contribution in [0.1, 0.15) is 44.8 Å². The second-order valence-electron chi connectivity index (χ2n) is 10.8. The van der Waals surface area contributed by atoms with Gasteiger partial charge in [0.15, 0.2) is 6.61 Å². The van der Waals surface area contributed by atoms with Crippen LogP contribution in [0.5, 0.6) is 17.2 Å². The fourth-order valence-electron chi connectivity index (χ4n) is 4.94. The summed E-state index contributed by atoms with van der Waals surface area (Å²) in [5.41, 5.74) is 2.38. The average Bonchev–Trinajstić information content (AvgIpc) is 3.74. The van der Waals surface area contributed by atoms with Gasteiger partial charge >= 0.3 is 0 Å². The van der Waals surface area contributed by atoms with Crippen molar-refractivity contribution in [3.63, 3.8) is 0 Å². The van der Waals surface area contributed by atoms with Crippen LogP contribution in [0.25, 0.3) is 0 Å². The van der Waals surface area contributed by atoms with Gasteiger partial charge in [-0.3, -0.25) is 19.4 Å². The molecule has 3 amide bonds. The van der Waals surface area contributed by atoms with Crippen molar-refractivity contribution < 1.29 is 28.6 Å². The summed E-state index contributed by atoms with van der Waals surface area (Å²) in [6, 6.07) is 15.5. The molecule has 2 atom stereocenters. The molecule has 4 heterocycles. The Morgan fingerprint density at radius 3 is 2.68 bits per heavy atom. The number of aryl methyl sites for hydroxylation is 1. The van der Waals surface area contributed by atoms with Gasteiger partial charge in [0.05, 0.1) is 19.2 Å². The first-order valence-electron chi connectivity index (χ1n) is 13.9. The van der Waals surface area contributed by atoms with Crippen molar-refractivity contribution in [3.8, 4) is 17.2 Å². The molecule has 0 radical (unpaired) electrons. The van der Waals surface area contributed by atoms with Crippen LogP contribution in [0.4, 0.5) is 0 Å². The summed E-state index contributed by atoms with van der Waals surface area (Å²) in [7, 11) is 0. The lowest BCUT2D eigenvalue weighted by Crippen LogP contribution is -2.45. The van der Waals surface area contributed by atoms with Gasteiger partial charge in [0.1, 0.15) is 29.0 Å². The quantitative estimate of drug-likeness (QED) is 0.507. The van der Waals surface area contributed by atoms with E-state index < -0.39 is 12.1 Å². The molecule has 1 saturated heterocycles. The highest BCUT2D eigenvalue weighted by Crippen LogP contribution is 2.31. The van der Waals surface area contributed by atoms with Crippen LogP contribution in [-0.2, 0) is 11.3 Å². The molecule has 2 fully saturated rings. The minimum Gasteiger partial charge on any atom is -0.493 e. The summed E-state index contributed by atoms with van der Waals surface area (Å²) in [6.07, 6.45) is 3.35. The summed E-state index contributed by atoms with van der Waals surface area (Å²) in [5.74, 6) is 1.11. The van der Waals surface area contributed by atoms with Gasteiger partial charge in [0, 0.05) is 30.9 Å². The molecule has 3 aromatic rings. The molecule has 2 aromatic carbocycles. The first-order chi connectivity index (χ1) is 19.9. The van der Waals surface area contributed by atoms with Crippen molar-refractivity contribution >= 4 is 17.7 Å². The Labute approximate surface area is 238 Å². The molecule has 212 valence electrons. The minimum atomic E-state index is -0.502. The molecule has 4 bridgehead atoms. The Hall–Kier alpha value is -4.60. The van der Waals surface area contributed by atoms with Crippen molar-refractivity contribution in [2.45, 2.75) is 38.5 Å². The zero-order valence-electron chi connectivity index (χ0n) is 22.8. The fourth-order valence-corrected chi connectivity index (χ4v) is 4.94. The van der Waals surface area contributed by atoms with Crippen LogP contribution in [-0.4, -0.2) is 66.1 Å². The number of aromatic nitrogens is 1. The van der Waals surface area contributed by atoms with E-state index in [1.807, 2.05) is 37.3 Å². The smallest absolute Gasteiger partial charge is 0.272 e. The Morgan fingerprint density at radius 1 is 1.07 bits per heavy atom. The van der Waals surface area contributed by atoms with Gasteiger partial charge in [-0.15, -0.1) is 0 Å². The number of amides is 3. The van der Waals surface area contributed by atoms with E-state index in [4.69, 9.17) is 14.2 Å². The molecular weight excluding hydrogens is 524 g/mol. The lowest BCUT2D eigenvalue weighted by molar-refractivity contribution is -0.123. The summed E-state index contributed by atoms with van der Waals surface area (Å²) in [5, 5.41) is 5.91. The van der Waals surface area contributed by atoms with Gasteiger partial charge in [0.2, 0.25) is 0 Å². The highest BCUT2D eigenvalue weighted by atomic mass is 16.5. The molecule has 7 rings (SSSR count). The Kier molecular flexibility index (Phi) is 7.45. The van der Waals surface area contributed by atoms with Gasteiger partial charge in [-0.25, -0.2) is 0 Å². The molecule has 10 heteroatoms. The molecular formula is C31H32N4O6. The third kappa shape index (κ3) is 6.42. The van der Waals surface area contributed by atoms with E-state index in [0.29, 0.717) is 47.6 Å². The van der Waals surface area contributed by atoms with E-state index in [1.54, 1.807) is 35.4 Å². The third-order valence-corrected chi connectivity index (χ3v) is 7.48. The SMILES string of the molecule is Cc1cccnc1C(=O)N1C[C@@H]2NC(=O)c3cc(cc(OCC4CC4)c3)OCC(=O)NCc3ccc(cc3)O[C@H]2C1. The number of fused-ring (bicyclic) bond motifs is 7. The van der Waals surface area contributed by atoms with E-state index in [1.165, 1.54) is 0 Å². The standard InChI is InChI=1S/C31H32N4O6/c1-19-3-2-10-32-29(19)31(38)35-15-26-27(16-35)41-23-8-6-20(7-9-23)14-33-28(36)18-40-25-12-22(30(37)34-26)11-24(13-25)39-17-21-4-5-21/h2-3,6-13,21,26-27H,4-5,14-18H2,1H3,(H,33,36)(H,34,37)/t26-,27-/m0/s1. The van der Waals surface area contributed by atoms with Gasteiger partial charge in [-0.05, 0) is 67.1 Å². The zero-order valence-corrected chi connectivity index (χ0v) is 22.8. The van der Waals surface area contributed by atoms with Crippen molar-refractivity contribution in [2.75, 3.05) is 26.3 Å². The summed E-state index contributed by atoms with van der Waals surface area (Å²) in [6.45, 7) is 3.06. The number of nitrogens with zero attached hydrogens (tertiary/aromatic N) is 2. The molecule has 10 nitrogen and oxygen atoms in total. The van der Waals surface area contributed by atoms with E-state index >= 15 is 0 Å². The average molecular weight is 557 g/mol. The second kappa shape index (κ2) is 11.5. The zero-order chi connectivity index (χ0) is 28.3. The second-order valence-corrected chi connectivity index (χ2v) is 10.8. The Morgan fingerprint density at radius 2 is 1.90 bits per heavy atom. The minimum absolute atomic E-state index is 0.205. The monoisotopic (exact) mass is 556 g/mol. The van der Waals surface area contributed by atoms with Crippen LogP contribution < -0.4 is 24.8 Å². The maximum absolute atomic E-state index is 13.6. The molecule has 3 aliphatic heterocycles. The van der Waals surface area contributed by atoms with Crippen LogP contribution in [0.2, 0.25) is 0 Å². The normalized spacial score (nSPS) is 20.7. The van der Waals surface area contributed by atoms with Crippen LogP contribution in [0.15, 0.2) is 60.8 Å². The summed E-state index contributed by atoms with van der Waals surface area (Å²) < 4.78 is 18.0. The molecule has 1 saturated carbocycles. The first kappa shape index (κ1) is 26.6. The van der Waals surface area contributed by atoms with Crippen molar-refractivity contribution in [3.05, 3.63) is 83.2 Å². The predicted molar refractivity (Wildman–Crippen MR) is 149 cm³/mol. The maximum Gasteiger partial charge on any atom is 0.272 e. The molecule has 1 aliphatic carbocycles. The highest BCUT2D eigenvalue weighted by molar-refractivity contribution is 5.96. The van der Waals surface area contributed by atoms with Gasteiger partial charge < -0.3 is 29.7 Å². The molecule has 2 N–H and O–H groups in total. The number of rotatable bonds is 4. The van der Waals surface area contributed by atoms with Gasteiger partial charge in [0.25, 0.3) is 17.7 Å². The molecule has 0 spiro atoms. The largest absolute Gasteiger partial charge is 0.493 e. The van der Waals surface area contributed by atoms with Crippen molar-refractivity contribution in [1.82, 2.24) is 20.5 Å². The number of carbonyl (C=O) groups excluding carboxylic acids is 3. The fraction of sp³-hybridized carbons (Fsp3) is 0.355. The highest BCUT2D eigenvalue weighted by Gasteiger charge is 2.39. The van der Waals surface area contributed by atoms with E-state index in [-0.39, 0.29) is 37.4 Å². The number of benzene rings is 2. The van der Waals surface area contributed by atoms with E-state index in [9.17, 15) is 14.4 Å². The Balaban J connectivity index is 1.29. The number of hydrogen-bond donors (Lipinski definition) is 2. The van der Waals surface area contributed by atoms with Crippen LogP contribution in [0, 0.1) is 12.8 Å². The lowest BCUT2D eigenvalue weighted by atomic mass is 10.1. The third-order valence-electron chi connectivity index (χ3n) is 7.48. The number of ether oxygens (including phenoxy) is 3. The number of likely N-dealkylation sites (tertiary alicyclic amines) is 1. The molecule has 4 aliphatic rings. The molecule has 0 unspecified atom stereocenters. The maximum atomic E-state index is 13.6. The number of hydrogen-bond acceptors (Lipinski definition) is 7. The topological polar surface area (TPSA) is 119 Å². The summed E-state index contributed by atoms with van der Waals surface area (Å²) in [4.78, 5) is 45.4. The van der Waals surface area contributed by atoms with Crippen LogP contribution >= 0.6 is 0 Å². The van der Waals surface area contributed by atoms with Crippen LogP contribution in [0.3, 0.4) is 0 Å². The number of nitrogens with one attached hydrogen (secondary N) is 2. The lowest BCUT2D eigenvalue weighted by Gasteiger charge is -2.21. The first-order valence-corrected chi connectivity index (χ1v) is 13.9. The van der Waals surface area contributed by atoms with E-state index in [0.717, 1.165) is 24.0 Å².